The first-order valence-electron chi connectivity index (χ1n) is 5.89. The Hall–Kier alpha value is -1.75. The Morgan fingerprint density at radius 2 is 2.00 bits per heavy atom. The molecule has 0 fully saturated rings. The zero-order chi connectivity index (χ0) is 13.8. The van der Waals surface area contributed by atoms with Gasteiger partial charge in [0.15, 0.2) is 11.5 Å². The van der Waals surface area contributed by atoms with Crippen molar-refractivity contribution in [3.05, 3.63) is 22.7 Å². The summed E-state index contributed by atoms with van der Waals surface area (Å²) in [5.41, 5.74) is 0.739. The number of aryl methyl sites for hydroxylation is 1. The van der Waals surface area contributed by atoms with Crippen LogP contribution >= 0.6 is 11.6 Å². The molecule has 0 radical (unpaired) electrons. The molecule has 1 aliphatic heterocycles. The standard InChI is InChI=1S/C13H13ClO5/c1-2-17-13(16)10(15)4-3-8-5-11-12(6-9(8)14)19-7-18-11/h5-6H,2-4,7H2,1H3. The number of carbonyl (C=O) groups excluding carboxylic acids is 2. The highest BCUT2D eigenvalue weighted by molar-refractivity contribution is 6.34. The zero-order valence-electron chi connectivity index (χ0n) is 10.4. The van der Waals surface area contributed by atoms with Crippen molar-refractivity contribution < 1.29 is 23.8 Å². The Bertz CT molecular complexity index is 512. The molecular weight excluding hydrogens is 272 g/mol. The number of carbonyl (C=O) groups is 2. The highest BCUT2D eigenvalue weighted by Gasteiger charge is 2.19. The van der Waals surface area contributed by atoms with E-state index < -0.39 is 11.8 Å². The summed E-state index contributed by atoms with van der Waals surface area (Å²) in [7, 11) is 0. The molecule has 0 unspecified atom stereocenters. The Labute approximate surface area is 115 Å². The fraction of sp³-hybridized carbons (Fsp3) is 0.385. The lowest BCUT2D eigenvalue weighted by Gasteiger charge is -2.05. The molecule has 2 rings (SSSR count). The summed E-state index contributed by atoms with van der Waals surface area (Å²) in [6, 6.07) is 3.37. The van der Waals surface area contributed by atoms with Crippen LogP contribution in [-0.2, 0) is 20.7 Å². The Morgan fingerprint density at radius 3 is 2.68 bits per heavy atom. The van der Waals surface area contributed by atoms with E-state index in [1.165, 1.54) is 0 Å². The van der Waals surface area contributed by atoms with Crippen LogP contribution in [0.25, 0.3) is 0 Å². The van der Waals surface area contributed by atoms with Crippen LogP contribution in [0.3, 0.4) is 0 Å². The van der Waals surface area contributed by atoms with Gasteiger partial charge >= 0.3 is 5.97 Å². The van der Waals surface area contributed by atoms with Gasteiger partial charge in [0.1, 0.15) is 0 Å². The largest absolute Gasteiger partial charge is 0.460 e. The van der Waals surface area contributed by atoms with Crippen LogP contribution in [0, 0.1) is 0 Å². The van der Waals surface area contributed by atoms with E-state index >= 15 is 0 Å². The van der Waals surface area contributed by atoms with Crippen LogP contribution in [0.2, 0.25) is 5.02 Å². The third-order valence-corrected chi connectivity index (χ3v) is 3.02. The number of hydrogen-bond donors (Lipinski definition) is 0. The van der Waals surface area contributed by atoms with Crippen molar-refractivity contribution >= 4 is 23.4 Å². The van der Waals surface area contributed by atoms with Gasteiger partial charge in [-0.1, -0.05) is 11.6 Å². The molecule has 0 atom stereocenters. The zero-order valence-corrected chi connectivity index (χ0v) is 11.2. The van der Waals surface area contributed by atoms with Gasteiger partial charge in [0, 0.05) is 17.5 Å². The summed E-state index contributed by atoms with van der Waals surface area (Å²) in [4.78, 5) is 22.7. The Morgan fingerprint density at radius 1 is 1.32 bits per heavy atom. The third-order valence-electron chi connectivity index (χ3n) is 2.67. The van der Waals surface area contributed by atoms with Gasteiger partial charge < -0.3 is 14.2 Å². The van der Waals surface area contributed by atoms with E-state index in [0.29, 0.717) is 22.9 Å². The minimum atomic E-state index is -0.806. The third kappa shape index (κ3) is 3.17. The maximum Gasteiger partial charge on any atom is 0.374 e. The van der Waals surface area contributed by atoms with Crippen molar-refractivity contribution in [1.82, 2.24) is 0 Å². The lowest BCUT2D eigenvalue weighted by atomic mass is 10.1. The Kier molecular flexibility index (Phi) is 4.27. The second kappa shape index (κ2) is 5.93. The second-order valence-electron chi connectivity index (χ2n) is 3.94. The molecule has 1 aromatic carbocycles. The fourth-order valence-electron chi connectivity index (χ4n) is 1.71. The minimum absolute atomic E-state index is 0.0538. The monoisotopic (exact) mass is 284 g/mol. The molecule has 0 bridgehead atoms. The van der Waals surface area contributed by atoms with Crippen molar-refractivity contribution in [3.8, 4) is 11.5 Å². The number of benzene rings is 1. The number of ether oxygens (including phenoxy) is 3. The molecule has 1 aromatic rings. The van der Waals surface area contributed by atoms with Crippen LogP contribution in [0.5, 0.6) is 11.5 Å². The van der Waals surface area contributed by atoms with E-state index in [9.17, 15) is 9.59 Å². The molecule has 102 valence electrons. The van der Waals surface area contributed by atoms with Crippen LogP contribution < -0.4 is 9.47 Å². The smallest absolute Gasteiger partial charge is 0.374 e. The van der Waals surface area contributed by atoms with Gasteiger partial charge in [-0.2, -0.15) is 0 Å². The minimum Gasteiger partial charge on any atom is -0.460 e. The molecule has 6 heteroatoms. The number of Topliss-reactive ketones (excluding diaryl/α,β-unsaturated/α-hetero) is 1. The van der Waals surface area contributed by atoms with E-state index in [0.717, 1.165) is 5.56 Å². The summed E-state index contributed by atoms with van der Waals surface area (Å²) >= 11 is 6.07. The summed E-state index contributed by atoms with van der Waals surface area (Å²) in [5, 5.41) is 0.487. The first kappa shape index (κ1) is 13.7. The quantitative estimate of drug-likeness (QED) is 0.612. The molecule has 1 aliphatic rings. The highest BCUT2D eigenvalue weighted by atomic mass is 35.5. The van der Waals surface area contributed by atoms with Gasteiger partial charge in [0.05, 0.1) is 6.61 Å². The molecule has 0 saturated carbocycles. The number of halogens is 1. The average Bonchev–Trinajstić information content (AvgIpc) is 2.82. The van der Waals surface area contributed by atoms with Crippen molar-refractivity contribution in [2.75, 3.05) is 13.4 Å². The van der Waals surface area contributed by atoms with Gasteiger partial charge in [0.25, 0.3) is 0 Å². The van der Waals surface area contributed by atoms with Gasteiger partial charge in [-0.25, -0.2) is 4.79 Å². The molecule has 19 heavy (non-hydrogen) atoms. The lowest BCUT2D eigenvalue weighted by Crippen LogP contribution is -2.17. The molecular formula is C13H13ClO5. The first-order chi connectivity index (χ1) is 9.11. The van der Waals surface area contributed by atoms with Gasteiger partial charge in [0.2, 0.25) is 12.6 Å². The summed E-state index contributed by atoms with van der Waals surface area (Å²) in [6.45, 7) is 2.01. The maximum absolute atomic E-state index is 11.5. The molecule has 0 aliphatic carbocycles. The molecule has 0 saturated heterocycles. The number of rotatable bonds is 5. The van der Waals surface area contributed by atoms with E-state index in [2.05, 4.69) is 4.74 Å². The number of fused-ring (bicyclic) bond motifs is 1. The van der Waals surface area contributed by atoms with Crippen LogP contribution in [0.1, 0.15) is 18.9 Å². The number of hydrogen-bond acceptors (Lipinski definition) is 5. The normalized spacial score (nSPS) is 12.3. The van der Waals surface area contributed by atoms with Gasteiger partial charge in [-0.3, -0.25) is 4.79 Å². The van der Waals surface area contributed by atoms with Crippen LogP contribution in [0.15, 0.2) is 12.1 Å². The maximum atomic E-state index is 11.5. The van der Waals surface area contributed by atoms with Crippen molar-refractivity contribution in [2.45, 2.75) is 19.8 Å². The van der Waals surface area contributed by atoms with Gasteiger partial charge in [-0.05, 0) is 25.0 Å². The topological polar surface area (TPSA) is 61.8 Å². The van der Waals surface area contributed by atoms with Crippen LogP contribution in [-0.4, -0.2) is 25.2 Å². The van der Waals surface area contributed by atoms with Crippen molar-refractivity contribution in [1.29, 1.82) is 0 Å². The fourth-order valence-corrected chi connectivity index (χ4v) is 1.96. The first-order valence-corrected chi connectivity index (χ1v) is 6.27. The Balaban J connectivity index is 2.00. The summed E-state index contributed by atoms with van der Waals surface area (Å²) < 4.78 is 15.0. The molecule has 0 aromatic heterocycles. The molecule has 0 N–H and O–H groups in total. The SMILES string of the molecule is CCOC(=O)C(=O)CCc1cc2c(cc1Cl)OCO2. The summed E-state index contributed by atoms with van der Waals surface area (Å²) in [6.07, 6.45) is 0.408. The van der Waals surface area contributed by atoms with E-state index in [-0.39, 0.29) is 19.8 Å². The van der Waals surface area contributed by atoms with E-state index in [1.807, 2.05) is 0 Å². The highest BCUT2D eigenvalue weighted by Crippen LogP contribution is 2.37. The second-order valence-corrected chi connectivity index (χ2v) is 4.35. The summed E-state index contributed by atoms with van der Waals surface area (Å²) in [5.74, 6) is -0.177. The van der Waals surface area contributed by atoms with Crippen molar-refractivity contribution in [3.63, 3.8) is 0 Å². The van der Waals surface area contributed by atoms with Crippen LogP contribution in [0.4, 0.5) is 0 Å². The molecule has 0 spiro atoms. The number of esters is 1. The van der Waals surface area contributed by atoms with Crippen molar-refractivity contribution in [2.24, 2.45) is 0 Å². The molecule has 0 amide bonds. The molecule has 5 nitrogen and oxygen atoms in total. The predicted molar refractivity (Wildman–Crippen MR) is 67.5 cm³/mol. The lowest BCUT2D eigenvalue weighted by molar-refractivity contribution is -0.153. The van der Waals surface area contributed by atoms with E-state index in [4.69, 9.17) is 21.1 Å². The van der Waals surface area contributed by atoms with E-state index in [1.54, 1.807) is 19.1 Å². The predicted octanol–water partition coefficient (Wildman–Crippen LogP) is 2.13. The molecule has 1 heterocycles. The average molecular weight is 285 g/mol. The van der Waals surface area contributed by atoms with Gasteiger partial charge in [-0.15, -0.1) is 0 Å². The number of ketones is 1.